The van der Waals surface area contributed by atoms with Crippen LogP contribution in [0.1, 0.15) is 56.6 Å². The molecule has 0 radical (unpaired) electrons. The fraction of sp³-hybridized carbons (Fsp3) is 0.516. The number of hydrogen-bond acceptors (Lipinski definition) is 5. The Morgan fingerprint density at radius 2 is 1.18 bits per heavy atom. The maximum atomic E-state index is 12.6. The summed E-state index contributed by atoms with van der Waals surface area (Å²) in [5.41, 5.74) is 1.24. The molecule has 14 heteroatoms. The van der Waals surface area contributed by atoms with E-state index in [1.807, 2.05) is 71.3 Å². The molecule has 2 heterocycles. The van der Waals surface area contributed by atoms with Gasteiger partial charge < -0.3 is 25.6 Å². The second kappa shape index (κ2) is 15.0. The molecule has 0 unspecified atom stereocenters. The number of benzene rings is 2. The number of piperidine rings is 2. The molecule has 3 N–H and O–H groups in total. The molecule has 248 valence electrons. The molecule has 4 atom stereocenters. The quantitative estimate of drug-likeness (QED) is 0.394. The summed E-state index contributed by atoms with van der Waals surface area (Å²) in [6, 6.07) is 17.5. The summed E-state index contributed by atoms with van der Waals surface area (Å²) >= 11 is 0. The summed E-state index contributed by atoms with van der Waals surface area (Å²) in [5, 5.41) is 7.08. The number of amides is 3. The molecule has 0 aromatic heterocycles. The van der Waals surface area contributed by atoms with Gasteiger partial charge in [-0.3, -0.25) is 9.59 Å². The maximum absolute atomic E-state index is 12.6. The Labute approximate surface area is 257 Å². The Balaban J connectivity index is 0.000000257. The molecule has 45 heavy (non-hydrogen) atoms. The summed E-state index contributed by atoms with van der Waals surface area (Å²) in [6.45, 7) is 6.51. The highest BCUT2D eigenvalue weighted by molar-refractivity contribution is 5.82. The molecule has 2 saturated heterocycles. The molecule has 2 aromatic rings. The third kappa shape index (κ3) is 11.6. The number of likely N-dealkylation sites (tertiary alicyclic amines) is 1. The van der Waals surface area contributed by atoms with E-state index in [0.29, 0.717) is 32.5 Å². The van der Waals surface area contributed by atoms with Crippen LogP contribution < -0.4 is 16.0 Å². The molecule has 4 rings (SSSR count). The van der Waals surface area contributed by atoms with Gasteiger partial charge in [-0.1, -0.05) is 60.7 Å². The van der Waals surface area contributed by atoms with Gasteiger partial charge in [-0.15, -0.1) is 0 Å². The zero-order valence-corrected chi connectivity index (χ0v) is 25.2. The van der Waals surface area contributed by atoms with Crippen molar-refractivity contribution in [1.29, 1.82) is 0 Å². The van der Waals surface area contributed by atoms with Crippen molar-refractivity contribution in [2.24, 2.45) is 0 Å². The minimum atomic E-state index is -4.96. The predicted molar refractivity (Wildman–Crippen MR) is 154 cm³/mol. The fourth-order valence-electron chi connectivity index (χ4n) is 5.21. The number of carbonyl (C=O) groups excluding carboxylic acids is 3. The minimum absolute atomic E-state index is 0.0277. The molecule has 2 fully saturated rings. The lowest BCUT2D eigenvalue weighted by molar-refractivity contribution is -0.174. The number of hydrogen-bond donors (Lipinski definition) is 3. The molecule has 2 aromatic carbocycles. The molecule has 0 saturated carbocycles. The Bertz CT molecular complexity index is 1270. The zero-order chi connectivity index (χ0) is 33.4. The van der Waals surface area contributed by atoms with Crippen molar-refractivity contribution in [3.8, 4) is 0 Å². The minimum Gasteiger partial charge on any atom is -0.444 e. The maximum Gasteiger partial charge on any atom is 0.471 e. The van der Waals surface area contributed by atoms with Gasteiger partial charge in [-0.2, -0.15) is 26.3 Å². The van der Waals surface area contributed by atoms with Crippen LogP contribution in [0.25, 0.3) is 0 Å². The van der Waals surface area contributed by atoms with Gasteiger partial charge in [0.25, 0.3) is 0 Å². The number of ether oxygens (including phenoxy) is 1. The van der Waals surface area contributed by atoms with Gasteiger partial charge in [-0.05, 0) is 50.7 Å². The monoisotopic (exact) mass is 644 g/mol. The Morgan fingerprint density at radius 1 is 0.711 bits per heavy atom. The lowest BCUT2D eigenvalue weighted by atomic mass is 9.88. The lowest BCUT2D eigenvalue weighted by Gasteiger charge is -2.39. The van der Waals surface area contributed by atoms with E-state index in [4.69, 9.17) is 4.74 Å². The molecule has 0 spiro atoms. The van der Waals surface area contributed by atoms with Gasteiger partial charge in [0, 0.05) is 44.2 Å². The highest BCUT2D eigenvalue weighted by Crippen LogP contribution is 2.29. The van der Waals surface area contributed by atoms with E-state index in [-0.39, 0.29) is 18.4 Å². The SMILES string of the molecule is CC(C)(C)OC(=O)N1C[C@@H](NC(=O)C(F)(F)F)C[C@@H](c2ccccc2)C1.O=C(N[C@@H]1CNC[C@H](c2ccccc2)C1)C(F)(F)F. The van der Waals surface area contributed by atoms with E-state index in [1.54, 1.807) is 20.8 Å². The number of alkyl halides is 6. The van der Waals surface area contributed by atoms with E-state index < -0.39 is 47.9 Å². The average Bonchev–Trinajstić information content (AvgIpc) is 2.96. The number of nitrogens with one attached hydrogen (secondary N) is 3. The lowest BCUT2D eigenvalue weighted by Crippen LogP contribution is -2.54. The van der Waals surface area contributed by atoms with Gasteiger partial charge in [-0.25, -0.2) is 4.79 Å². The summed E-state index contributed by atoms with van der Waals surface area (Å²) in [7, 11) is 0. The van der Waals surface area contributed by atoms with Gasteiger partial charge in [0.1, 0.15) is 5.60 Å². The first-order valence-corrected chi connectivity index (χ1v) is 14.5. The third-order valence-electron chi connectivity index (χ3n) is 7.18. The number of halogens is 6. The van der Waals surface area contributed by atoms with Crippen LogP contribution in [0.2, 0.25) is 0 Å². The van der Waals surface area contributed by atoms with Crippen LogP contribution in [0.15, 0.2) is 60.7 Å². The summed E-state index contributed by atoms with van der Waals surface area (Å²) in [6.07, 6.45) is -9.57. The van der Waals surface area contributed by atoms with Crippen LogP contribution in [0.5, 0.6) is 0 Å². The number of nitrogens with zero attached hydrogens (tertiary/aromatic N) is 1. The molecule has 2 aliphatic heterocycles. The second-order valence-corrected chi connectivity index (χ2v) is 12.1. The normalized spacial score (nSPS) is 22.4. The average molecular weight is 645 g/mol. The first-order chi connectivity index (χ1) is 20.9. The molecule has 0 aliphatic carbocycles. The summed E-state index contributed by atoms with van der Waals surface area (Å²) < 4.78 is 79.7. The van der Waals surface area contributed by atoms with Crippen molar-refractivity contribution in [3.63, 3.8) is 0 Å². The van der Waals surface area contributed by atoms with Gasteiger partial charge in [0.2, 0.25) is 0 Å². The Hall–Kier alpha value is -3.81. The van der Waals surface area contributed by atoms with Crippen LogP contribution >= 0.6 is 0 Å². The van der Waals surface area contributed by atoms with Crippen molar-refractivity contribution in [2.45, 2.75) is 75.5 Å². The molecule has 8 nitrogen and oxygen atoms in total. The van der Waals surface area contributed by atoms with E-state index in [0.717, 1.165) is 11.1 Å². The van der Waals surface area contributed by atoms with Crippen molar-refractivity contribution >= 4 is 17.9 Å². The summed E-state index contributed by atoms with van der Waals surface area (Å²) in [4.78, 5) is 36.0. The topological polar surface area (TPSA) is 99.8 Å². The van der Waals surface area contributed by atoms with Crippen molar-refractivity contribution in [2.75, 3.05) is 26.2 Å². The molecule has 3 amide bonds. The van der Waals surface area contributed by atoms with E-state index in [2.05, 4.69) is 5.32 Å². The second-order valence-electron chi connectivity index (χ2n) is 12.1. The number of carbonyl (C=O) groups is 3. The zero-order valence-electron chi connectivity index (χ0n) is 25.2. The smallest absolute Gasteiger partial charge is 0.444 e. The van der Waals surface area contributed by atoms with Gasteiger partial charge >= 0.3 is 30.3 Å². The van der Waals surface area contributed by atoms with E-state index in [1.165, 1.54) is 4.90 Å². The molecule has 2 aliphatic rings. The highest BCUT2D eigenvalue weighted by Gasteiger charge is 2.42. The Morgan fingerprint density at radius 3 is 1.67 bits per heavy atom. The van der Waals surface area contributed by atoms with Crippen LogP contribution in [0.4, 0.5) is 31.1 Å². The Kier molecular flexibility index (Phi) is 11.9. The standard InChI is InChI=1S/C18H23F3N2O3.C13H15F3N2O/c1-17(2,3)26-16(25)23-10-13(12-7-5-4-6-8-12)9-14(11-23)22-15(24)18(19,20)21;14-13(15,16)12(19)18-11-6-10(7-17-8-11)9-4-2-1-3-5-9/h4-8,13-14H,9-11H2,1-3H3,(H,22,24);1-5,10-11,17H,6-8H2,(H,18,19)/t13-,14+;10-,11+/m11/s1. The first kappa shape index (κ1) is 35.7. The molecule has 0 bridgehead atoms. The molecular weight excluding hydrogens is 606 g/mol. The van der Waals surface area contributed by atoms with Crippen molar-refractivity contribution in [3.05, 3.63) is 71.8 Å². The van der Waals surface area contributed by atoms with E-state index in [9.17, 15) is 40.7 Å². The predicted octanol–water partition coefficient (Wildman–Crippen LogP) is 5.27. The third-order valence-corrected chi connectivity index (χ3v) is 7.18. The van der Waals surface area contributed by atoms with E-state index >= 15 is 0 Å². The van der Waals surface area contributed by atoms with Crippen molar-refractivity contribution in [1.82, 2.24) is 20.9 Å². The highest BCUT2D eigenvalue weighted by atomic mass is 19.4. The number of rotatable bonds is 4. The van der Waals surface area contributed by atoms with Gasteiger partial charge in [0.15, 0.2) is 0 Å². The summed E-state index contributed by atoms with van der Waals surface area (Å²) in [5.74, 6) is -3.95. The van der Waals surface area contributed by atoms with Crippen LogP contribution in [0, 0.1) is 0 Å². The van der Waals surface area contributed by atoms with Crippen LogP contribution in [-0.4, -0.2) is 79.0 Å². The van der Waals surface area contributed by atoms with Crippen molar-refractivity contribution < 1.29 is 45.5 Å². The van der Waals surface area contributed by atoms with Crippen LogP contribution in [0.3, 0.4) is 0 Å². The molecular formula is C31H38F6N4O4. The van der Waals surface area contributed by atoms with Crippen LogP contribution in [-0.2, 0) is 14.3 Å². The van der Waals surface area contributed by atoms with Gasteiger partial charge in [0.05, 0.1) is 0 Å². The first-order valence-electron chi connectivity index (χ1n) is 14.5. The fourth-order valence-corrected chi connectivity index (χ4v) is 5.21. The largest absolute Gasteiger partial charge is 0.471 e.